The van der Waals surface area contributed by atoms with E-state index in [2.05, 4.69) is 4.72 Å². The van der Waals surface area contributed by atoms with Gasteiger partial charge in [-0.2, -0.15) is 0 Å². The van der Waals surface area contributed by atoms with E-state index in [0.717, 1.165) is 5.39 Å². The highest BCUT2D eigenvalue weighted by Gasteiger charge is 2.22. The predicted octanol–water partition coefficient (Wildman–Crippen LogP) is 4.46. The molecule has 0 aliphatic carbocycles. The van der Waals surface area contributed by atoms with Gasteiger partial charge in [0.25, 0.3) is 10.0 Å². The maximum absolute atomic E-state index is 13.1. The fourth-order valence-corrected chi connectivity index (χ4v) is 4.64. The van der Waals surface area contributed by atoms with Crippen LogP contribution in [0.25, 0.3) is 10.8 Å². The Morgan fingerprint density at radius 2 is 1.71 bits per heavy atom. The smallest absolute Gasteiger partial charge is 0.262 e. The second-order valence-electron chi connectivity index (χ2n) is 6.12. The molecular formula is C20H18ClNO5S. The van der Waals surface area contributed by atoms with Crippen molar-refractivity contribution in [1.29, 1.82) is 0 Å². The van der Waals surface area contributed by atoms with Crippen LogP contribution in [0, 0.1) is 0 Å². The topological polar surface area (TPSA) is 73.9 Å². The average Bonchev–Trinajstić information content (AvgIpc) is 2.68. The quantitative estimate of drug-likeness (QED) is 0.660. The average molecular weight is 420 g/mol. The number of benzene rings is 3. The van der Waals surface area contributed by atoms with Crippen LogP contribution in [-0.2, 0) is 10.0 Å². The molecule has 4 rings (SSSR count). The number of nitrogens with one attached hydrogen (secondary N) is 1. The summed E-state index contributed by atoms with van der Waals surface area (Å²) in [5, 5.41) is 1.51. The van der Waals surface area contributed by atoms with Crippen LogP contribution < -0.4 is 18.9 Å². The predicted molar refractivity (Wildman–Crippen MR) is 108 cm³/mol. The first-order valence-electron chi connectivity index (χ1n) is 8.76. The first kappa shape index (κ1) is 18.7. The lowest BCUT2D eigenvalue weighted by Gasteiger charge is -2.20. The molecule has 3 aromatic rings. The molecule has 1 aliphatic heterocycles. The summed E-state index contributed by atoms with van der Waals surface area (Å²) in [6, 6.07) is 13.5. The lowest BCUT2D eigenvalue weighted by Crippen LogP contribution is -2.17. The summed E-state index contributed by atoms with van der Waals surface area (Å²) >= 11 is 6.26. The van der Waals surface area contributed by atoms with Gasteiger partial charge in [0.2, 0.25) is 0 Å². The highest BCUT2D eigenvalue weighted by molar-refractivity contribution is 7.93. The molecule has 6 nitrogen and oxygen atoms in total. The Morgan fingerprint density at radius 3 is 2.43 bits per heavy atom. The van der Waals surface area contributed by atoms with E-state index in [1.54, 1.807) is 24.3 Å². The number of fused-ring (bicyclic) bond motifs is 2. The minimum Gasteiger partial charge on any atom is -0.493 e. The molecule has 1 aliphatic rings. The summed E-state index contributed by atoms with van der Waals surface area (Å²) in [7, 11) is -3.91. The molecule has 0 unspecified atom stereocenters. The van der Waals surface area contributed by atoms with Gasteiger partial charge in [-0.05, 0) is 19.1 Å². The second kappa shape index (κ2) is 7.41. The Balaban J connectivity index is 1.77. The van der Waals surface area contributed by atoms with Gasteiger partial charge >= 0.3 is 0 Å². The number of hydrogen-bond donors (Lipinski definition) is 1. The molecule has 0 aromatic heterocycles. The molecule has 0 radical (unpaired) electrons. The molecule has 0 atom stereocenters. The first-order chi connectivity index (χ1) is 13.5. The third-order valence-corrected chi connectivity index (χ3v) is 6.05. The van der Waals surface area contributed by atoms with Crippen molar-refractivity contribution < 1.29 is 22.6 Å². The summed E-state index contributed by atoms with van der Waals surface area (Å²) in [5.74, 6) is 1.57. The summed E-state index contributed by atoms with van der Waals surface area (Å²) in [5.41, 5.74) is 0.226. The lowest BCUT2D eigenvalue weighted by molar-refractivity contribution is 0.171. The highest BCUT2D eigenvalue weighted by atomic mass is 35.5. The first-order valence-corrected chi connectivity index (χ1v) is 10.6. The van der Waals surface area contributed by atoms with Crippen molar-refractivity contribution in [2.75, 3.05) is 24.5 Å². The molecule has 0 saturated carbocycles. The molecule has 0 amide bonds. The SMILES string of the molecule is CCOc1ccc(S(=O)(=O)Nc2cc3c(cc2Cl)OCCO3)c2ccccc12. The summed E-state index contributed by atoms with van der Waals surface area (Å²) in [4.78, 5) is 0.137. The van der Waals surface area contributed by atoms with Crippen molar-refractivity contribution in [3.05, 3.63) is 53.6 Å². The van der Waals surface area contributed by atoms with Crippen molar-refractivity contribution >= 4 is 38.1 Å². The van der Waals surface area contributed by atoms with Gasteiger partial charge in [-0.25, -0.2) is 8.42 Å². The van der Waals surface area contributed by atoms with Crippen LogP contribution in [0.2, 0.25) is 5.02 Å². The summed E-state index contributed by atoms with van der Waals surface area (Å²) in [6.45, 7) is 3.18. The van der Waals surface area contributed by atoms with Crippen molar-refractivity contribution in [2.24, 2.45) is 0 Å². The van der Waals surface area contributed by atoms with Gasteiger partial charge in [-0.15, -0.1) is 0 Å². The maximum Gasteiger partial charge on any atom is 0.262 e. The zero-order valence-electron chi connectivity index (χ0n) is 15.1. The highest BCUT2D eigenvalue weighted by Crippen LogP contribution is 2.39. The Hall–Kier alpha value is -2.64. The molecular weight excluding hydrogens is 402 g/mol. The van der Waals surface area contributed by atoms with Crippen LogP contribution in [0.3, 0.4) is 0 Å². The monoisotopic (exact) mass is 419 g/mol. The lowest BCUT2D eigenvalue weighted by atomic mass is 10.1. The van der Waals surface area contributed by atoms with Crippen LogP contribution in [0.5, 0.6) is 17.2 Å². The van der Waals surface area contributed by atoms with Crippen LogP contribution in [-0.4, -0.2) is 28.2 Å². The molecule has 0 spiro atoms. The number of halogens is 1. The van der Waals surface area contributed by atoms with E-state index in [1.165, 1.54) is 12.1 Å². The molecule has 0 saturated heterocycles. The molecule has 0 bridgehead atoms. The zero-order valence-corrected chi connectivity index (χ0v) is 16.6. The van der Waals surface area contributed by atoms with E-state index < -0.39 is 10.0 Å². The van der Waals surface area contributed by atoms with Crippen molar-refractivity contribution in [3.63, 3.8) is 0 Å². The fraction of sp³-hybridized carbons (Fsp3) is 0.200. The van der Waals surface area contributed by atoms with E-state index >= 15 is 0 Å². The van der Waals surface area contributed by atoms with Crippen molar-refractivity contribution in [3.8, 4) is 17.2 Å². The van der Waals surface area contributed by atoms with Crippen LogP contribution in [0.4, 0.5) is 5.69 Å². The van der Waals surface area contributed by atoms with Crippen molar-refractivity contribution in [1.82, 2.24) is 0 Å². The number of hydrogen-bond acceptors (Lipinski definition) is 5. The van der Waals surface area contributed by atoms with Gasteiger partial charge < -0.3 is 14.2 Å². The third kappa shape index (κ3) is 3.43. The van der Waals surface area contributed by atoms with Crippen molar-refractivity contribution in [2.45, 2.75) is 11.8 Å². The largest absolute Gasteiger partial charge is 0.493 e. The van der Waals surface area contributed by atoms with Crippen LogP contribution >= 0.6 is 11.6 Å². The van der Waals surface area contributed by atoms with Gasteiger partial charge in [-0.1, -0.05) is 35.9 Å². The third-order valence-electron chi connectivity index (χ3n) is 4.31. The molecule has 28 heavy (non-hydrogen) atoms. The van der Waals surface area contributed by atoms with E-state index in [-0.39, 0.29) is 15.6 Å². The second-order valence-corrected chi connectivity index (χ2v) is 8.18. The molecule has 146 valence electrons. The zero-order chi connectivity index (χ0) is 19.7. The number of sulfonamides is 1. The van der Waals surface area contributed by atoms with E-state index in [0.29, 0.717) is 42.5 Å². The molecule has 3 aromatic carbocycles. The minimum absolute atomic E-state index is 0.137. The molecule has 0 fully saturated rings. The summed E-state index contributed by atoms with van der Waals surface area (Å²) < 4.78 is 45.4. The Labute approximate surface area is 168 Å². The molecule has 1 N–H and O–H groups in total. The summed E-state index contributed by atoms with van der Waals surface area (Å²) in [6.07, 6.45) is 0. The Kier molecular flexibility index (Phi) is 4.95. The van der Waals surface area contributed by atoms with Crippen LogP contribution in [0.15, 0.2) is 53.4 Å². The maximum atomic E-state index is 13.1. The van der Waals surface area contributed by atoms with E-state index in [9.17, 15) is 8.42 Å². The van der Waals surface area contributed by atoms with E-state index in [1.807, 2.05) is 19.1 Å². The number of anilines is 1. The normalized spacial score (nSPS) is 13.4. The number of rotatable bonds is 5. The molecule has 1 heterocycles. The van der Waals surface area contributed by atoms with Gasteiger partial charge in [-0.3, -0.25) is 4.72 Å². The standard InChI is InChI=1S/C20H18ClNO5S/c1-2-25-17-7-8-20(14-6-4-3-5-13(14)17)28(23,24)22-16-12-19-18(11-15(16)21)26-9-10-27-19/h3-8,11-12,22H,2,9-10H2,1H3. The van der Waals surface area contributed by atoms with Gasteiger partial charge in [0.15, 0.2) is 11.5 Å². The molecule has 8 heteroatoms. The number of ether oxygens (including phenoxy) is 3. The van der Waals surface area contributed by atoms with Gasteiger partial charge in [0.05, 0.1) is 22.2 Å². The van der Waals surface area contributed by atoms with Gasteiger partial charge in [0, 0.05) is 22.9 Å². The minimum atomic E-state index is -3.91. The fourth-order valence-electron chi connectivity index (χ4n) is 3.10. The van der Waals surface area contributed by atoms with E-state index in [4.69, 9.17) is 25.8 Å². The Bertz CT molecular complexity index is 1150. The van der Waals surface area contributed by atoms with Gasteiger partial charge in [0.1, 0.15) is 19.0 Å². The van der Waals surface area contributed by atoms with Crippen LogP contribution in [0.1, 0.15) is 6.92 Å². The Morgan fingerprint density at radius 1 is 1.04 bits per heavy atom.